The lowest BCUT2D eigenvalue weighted by Crippen LogP contribution is -2.36. The van der Waals surface area contributed by atoms with Gasteiger partial charge in [0.2, 0.25) is 17.7 Å². The van der Waals surface area contributed by atoms with E-state index in [4.69, 9.17) is 20.9 Å². The molecule has 2 atom stereocenters. The van der Waals surface area contributed by atoms with Crippen molar-refractivity contribution in [1.82, 2.24) is 20.1 Å². The maximum Gasteiger partial charge on any atom is 0.416 e. The monoisotopic (exact) mass is 444 g/mol. The van der Waals surface area contributed by atoms with E-state index in [1.54, 1.807) is 31.2 Å². The third-order valence-corrected chi connectivity index (χ3v) is 5.54. The van der Waals surface area contributed by atoms with Gasteiger partial charge in [-0.3, -0.25) is 4.90 Å². The first-order valence-electron chi connectivity index (χ1n) is 9.84. The molecule has 3 aromatic rings. The number of nitrogens with zero attached hydrogens (tertiary/aromatic N) is 5. The molecular formula is C20H18ClFN6O3. The second-order valence-corrected chi connectivity index (χ2v) is 7.98. The van der Waals surface area contributed by atoms with Crippen molar-refractivity contribution in [3.63, 3.8) is 0 Å². The van der Waals surface area contributed by atoms with Crippen molar-refractivity contribution in [1.29, 1.82) is 0 Å². The fourth-order valence-electron chi connectivity index (χ4n) is 3.49. The number of hydrogen-bond acceptors (Lipinski definition) is 8. The Morgan fingerprint density at radius 2 is 2.03 bits per heavy atom. The second kappa shape index (κ2) is 7.77. The van der Waals surface area contributed by atoms with Gasteiger partial charge in [0.05, 0.1) is 12.2 Å². The highest BCUT2D eigenvalue weighted by Gasteiger charge is 2.45. The normalized spacial score (nSPS) is 19.4. The van der Waals surface area contributed by atoms with Crippen LogP contribution in [0.25, 0.3) is 11.4 Å². The van der Waals surface area contributed by atoms with E-state index in [2.05, 4.69) is 25.4 Å². The predicted molar refractivity (Wildman–Crippen MR) is 109 cm³/mol. The number of aromatic nitrogens is 4. The average molecular weight is 445 g/mol. The van der Waals surface area contributed by atoms with E-state index in [0.29, 0.717) is 22.7 Å². The van der Waals surface area contributed by atoms with Crippen molar-refractivity contribution in [3.05, 3.63) is 47.2 Å². The molecule has 2 aliphatic rings. The SMILES string of the molecule is C[C@H](Nc1ncc(F)c(N2C(=O)OCC2C2CC2)n1)c1nc(-c2ccc(Cl)cc2)no1. The highest BCUT2D eigenvalue weighted by molar-refractivity contribution is 6.30. The van der Waals surface area contributed by atoms with Crippen molar-refractivity contribution in [3.8, 4) is 11.4 Å². The van der Waals surface area contributed by atoms with Crippen molar-refractivity contribution < 1.29 is 18.4 Å². The number of carbonyl (C=O) groups is 1. The topological polar surface area (TPSA) is 106 Å². The molecular weight excluding hydrogens is 427 g/mol. The maximum absolute atomic E-state index is 14.5. The Hall–Kier alpha value is -3.27. The number of halogens is 2. The first-order chi connectivity index (χ1) is 15.0. The number of nitrogens with one attached hydrogen (secondary N) is 1. The lowest BCUT2D eigenvalue weighted by atomic mass is 10.2. The molecule has 1 saturated heterocycles. The Labute approximate surface area is 181 Å². The number of rotatable bonds is 6. The zero-order valence-corrected chi connectivity index (χ0v) is 17.2. The van der Waals surface area contributed by atoms with Gasteiger partial charge in [0.15, 0.2) is 11.6 Å². The van der Waals surface area contributed by atoms with Gasteiger partial charge < -0.3 is 14.6 Å². The molecule has 1 unspecified atom stereocenters. The number of amides is 1. The van der Waals surface area contributed by atoms with Crippen LogP contribution >= 0.6 is 11.6 Å². The summed E-state index contributed by atoms with van der Waals surface area (Å²) in [5.41, 5.74) is 0.755. The summed E-state index contributed by atoms with van der Waals surface area (Å²) < 4.78 is 24.9. The fourth-order valence-corrected chi connectivity index (χ4v) is 3.61. The molecule has 1 saturated carbocycles. The van der Waals surface area contributed by atoms with Gasteiger partial charge in [-0.1, -0.05) is 16.8 Å². The quantitative estimate of drug-likeness (QED) is 0.602. The summed E-state index contributed by atoms with van der Waals surface area (Å²) in [6.45, 7) is 2.02. The molecule has 1 amide bonds. The highest BCUT2D eigenvalue weighted by atomic mass is 35.5. The molecule has 11 heteroatoms. The molecule has 5 rings (SSSR count). The van der Waals surface area contributed by atoms with E-state index in [1.807, 2.05) is 0 Å². The molecule has 9 nitrogen and oxygen atoms in total. The molecule has 3 heterocycles. The Morgan fingerprint density at radius 1 is 1.26 bits per heavy atom. The minimum Gasteiger partial charge on any atom is -0.447 e. The maximum atomic E-state index is 14.5. The number of carbonyl (C=O) groups excluding carboxylic acids is 1. The number of benzene rings is 1. The summed E-state index contributed by atoms with van der Waals surface area (Å²) in [4.78, 5) is 26.1. The minimum atomic E-state index is -0.689. The van der Waals surface area contributed by atoms with Gasteiger partial charge in [-0.25, -0.2) is 14.2 Å². The summed E-state index contributed by atoms with van der Waals surface area (Å²) in [5.74, 6) is 0.358. The fraction of sp³-hybridized carbons (Fsp3) is 0.350. The van der Waals surface area contributed by atoms with Crippen LogP contribution in [-0.2, 0) is 4.74 Å². The predicted octanol–water partition coefficient (Wildman–Crippen LogP) is 4.23. The molecule has 1 aliphatic heterocycles. The minimum absolute atomic E-state index is 0.100. The van der Waals surface area contributed by atoms with Gasteiger partial charge in [-0.2, -0.15) is 9.97 Å². The van der Waals surface area contributed by atoms with Crippen molar-refractivity contribution >= 4 is 29.5 Å². The van der Waals surface area contributed by atoms with Crippen molar-refractivity contribution in [2.75, 3.05) is 16.8 Å². The molecule has 1 N–H and O–H groups in total. The molecule has 0 radical (unpaired) electrons. The van der Waals surface area contributed by atoms with E-state index >= 15 is 0 Å². The molecule has 1 aliphatic carbocycles. The zero-order chi connectivity index (χ0) is 21.5. The Bertz CT molecular complexity index is 1120. The number of hydrogen-bond donors (Lipinski definition) is 1. The largest absolute Gasteiger partial charge is 0.447 e. The van der Waals surface area contributed by atoms with E-state index < -0.39 is 18.0 Å². The standard InChI is InChI=1S/C20H18ClFN6O3/c1-10(18-25-16(27-31-18)12-4-6-13(21)7-5-12)24-19-23-8-14(22)17(26-19)28-15(11-2-3-11)9-30-20(28)29/h4-8,10-11,15H,2-3,9H2,1H3,(H,23,24,26)/t10-,15?/m0/s1. The molecule has 0 bridgehead atoms. The average Bonchev–Trinajstić information content (AvgIpc) is 3.35. The van der Waals surface area contributed by atoms with Crippen LogP contribution in [0.5, 0.6) is 0 Å². The summed E-state index contributed by atoms with van der Waals surface area (Å²) in [6.07, 6.45) is 2.40. The van der Waals surface area contributed by atoms with Crippen LogP contribution in [0.2, 0.25) is 5.02 Å². The van der Waals surface area contributed by atoms with Gasteiger partial charge in [-0.05, 0) is 49.9 Å². The van der Waals surface area contributed by atoms with E-state index in [1.165, 1.54) is 4.90 Å². The van der Waals surface area contributed by atoms with Gasteiger partial charge in [0.25, 0.3) is 0 Å². The first-order valence-corrected chi connectivity index (χ1v) is 10.2. The van der Waals surface area contributed by atoms with Crippen LogP contribution in [0.3, 0.4) is 0 Å². The summed E-state index contributed by atoms with van der Waals surface area (Å²) >= 11 is 5.91. The summed E-state index contributed by atoms with van der Waals surface area (Å²) in [7, 11) is 0. The van der Waals surface area contributed by atoms with Gasteiger partial charge in [-0.15, -0.1) is 0 Å². The Balaban J connectivity index is 1.35. The van der Waals surface area contributed by atoms with Crippen molar-refractivity contribution in [2.24, 2.45) is 5.92 Å². The van der Waals surface area contributed by atoms with Crippen LogP contribution in [0, 0.1) is 11.7 Å². The van der Waals surface area contributed by atoms with Crippen LogP contribution in [-0.4, -0.2) is 38.9 Å². The van der Waals surface area contributed by atoms with Crippen LogP contribution in [0.1, 0.15) is 31.7 Å². The van der Waals surface area contributed by atoms with E-state index in [9.17, 15) is 9.18 Å². The molecule has 2 aromatic heterocycles. The molecule has 31 heavy (non-hydrogen) atoms. The summed E-state index contributed by atoms with van der Waals surface area (Å²) in [5, 5.41) is 7.60. The van der Waals surface area contributed by atoms with Gasteiger partial charge in [0, 0.05) is 10.6 Å². The molecule has 2 fully saturated rings. The van der Waals surface area contributed by atoms with Crippen LogP contribution < -0.4 is 10.2 Å². The smallest absolute Gasteiger partial charge is 0.416 e. The summed E-state index contributed by atoms with van der Waals surface area (Å²) in [6, 6.07) is 6.38. The molecule has 160 valence electrons. The third-order valence-electron chi connectivity index (χ3n) is 5.29. The second-order valence-electron chi connectivity index (χ2n) is 7.55. The third kappa shape index (κ3) is 3.90. The van der Waals surface area contributed by atoms with Crippen molar-refractivity contribution in [2.45, 2.75) is 31.8 Å². The highest BCUT2D eigenvalue weighted by Crippen LogP contribution is 2.40. The lowest BCUT2D eigenvalue weighted by Gasteiger charge is -2.21. The van der Waals surface area contributed by atoms with Gasteiger partial charge >= 0.3 is 6.09 Å². The molecule has 0 spiro atoms. The number of cyclic esters (lactones) is 1. The lowest BCUT2D eigenvalue weighted by molar-refractivity contribution is 0.178. The van der Waals surface area contributed by atoms with Crippen LogP contribution in [0.15, 0.2) is 35.0 Å². The Kier molecular flexibility index (Phi) is 4.93. The first kappa shape index (κ1) is 19.7. The Morgan fingerprint density at radius 3 is 2.77 bits per heavy atom. The number of ether oxygens (including phenoxy) is 1. The molecule has 1 aromatic carbocycles. The zero-order valence-electron chi connectivity index (χ0n) is 16.5. The van der Waals surface area contributed by atoms with Gasteiger partial charge in [0.1, 0.15) is 12.6 Å². The van der Waals surface area contributed by atoms with Crippen LogP contribution in [0.4, 0.5) is 21.0 Å². The van der Waals surface area contributed by atoms with E-state index in [-0.39, 0.29) is 24.4 Å². The number of anilines is 2. The van der Waals surface area contributed by atoms with E-state index in [0.717, 1.165) is 24.6 Å².